The van der Waals surface area contributed by atoms with Crippen LogP contribution in [0.5, 0.6) is 0 Å². The molecule has 6 heteroatoms. The van der Waals surface area contributed by atoms with Gasteiger partial charge in [0.25, 0.3) is 0 Å². The van der Waals surface area contributed by atoms with E-state index in [9.17, 15) is 14.4 Å². The van der Waals surface area contributed by atoms with Crippen LogP contribution in [0.4, 0.5) is 0 Å². The van der Waals surface area contributed by atoms with E-state index in [1.165, 1.54) is 7.11 Å². The van der Waals surface area contributed by atoms with E-state index in [0.29, 0.717) is 19.3 Å². The lowest BCUT2D eigenvalue weighted by Gasteiger charge is -2.18. The van der Waals surface area contributed by atoms with Crippen LogP contribution in [0.2, 0.25) is 0 Å². The molecule has 0 unspecified atom stereocenters. The summed E-state index contributed by atoms with van der Waals surface area (Å²) in [7, 11) is 1.30. The third kappa shape index (κ3) is 4.01. The number of nitrogens with one attached hydrogen (secondary N) is 2. The van der Waals surface area contributed by atoms with E-state index in [4.69, 9.17) is 0 Å². The van der Waals surface area contributed by atoms with Crippen molar-refractivity contribution < 1.29 is 19.1 Å². The number of carbonyl (C=O) groups excluding carboxylic acids is 3. The summed E-state index contributed by atoms with van der Waals surface area (Å²) in [4.78, 5) is 34.4. The van der Waals surface area contributed by atoms with Crippen molar-refractivity contribution in [3.63, 3.8) is 0 Å². The lowest BCUT2D eigenvalue weighted by Crippen LogP contribution is -2.49. The highest BCUT2D eigenvalue weighted by Crippen LogP contribution is 2.08. The number of hydrogen-bond donors (Lipinski definition) is 2. The molecule has 0 bridgehead atoms. The van der Waals surface area contributed by atoms with E-state index in [1.54, 1.807) is 0 Å². The maximum Gasteiger partial charge on any atom is 0.328 e. The van der Waals surface area contributed by atoms with Gasteiger partial charge >= 0.3 is 5.97 Å². The maximum atomic E-state index is 11.9. The Balaban J connectivity index is 2.51. The topological polar surface area (TPSA) is 84.5 Å². The molecule has 2 amide bonds. The van der Waals surface area contributed by atoms with Gasteiger partial charge in [0.2, 0.25) is 11.8 Å². The molecule has 1 saturated heterocycles. The van der Waals surface area contributed by atoms with E-state index >= 15 is 0 Å². The van der Waals surface area contributed by atoms with Gasteiger partial charge in [-0.1, -0.05) is 19.8 Å². The zero-order chi connectivity index (χ0) is 13.5. The van der Waals surface area contributed by atoms with Crippen LogP contribution in [-0.4, -0.2) is 37.0 Å². The number of rotatable bonds is 6. The van der Waals surface area contributed by atoms with E-state index in [0.717, 1.165) is 12.8 Å². The minimum atomic E-state index is -0.625. The van der Waals surface area contributed by atoms with Gasteiger partial charge < -0.3 is 15.4 Å². The average Bonchev–Trinajstić information content (AvgIpc) is 2.80. The molecule has 18 heavy (non-hydrogen) atoms. The number of hydrogen-bond acceptors (Lipinski definition) is 4. The van der Waals surface area contributed by atoms with Gasteiger partial charge in [0, 0.05) is 6.42 Å². The Morgan fingerprint density at radius 3 is 2.78 bits per heavy atom. The molecule has 1 rings (SSSR count). The van der Waals surface area contributed by atoms with Gasteiger partial charge in [0.1, 0.15) is 12.1 Å². The number of ether oxygens (including phenoxy) is 1. The highest BCUT2D eigenvalue weighted by molar-refractivity contribution is 5.93. The van der Waals surface area contributed by atoms with E-state index < -0.39 is 18.1 Å². The predicted molar refractivity (Wildman–Crippen MR) is 64.6 cm³/mol. The van der Waals surface area contributed by atoms with Crippen LogP contribution in [0.25, 0.3) is 0 Å². The first-order valence-corrected chi connectivity index (χ1v) is 6.26. The number of unbranched alkanes of at least 4 members (excludes halogenated alkanes) is 1. The molecule has 0 aromatic heterocycles. The molecule has 0 aliphatic carbocycles. The average molecular weight is 256 g/mol. The van der Waals surface area contributed by atoms with Crippen molar-refractivity contribution in [2.24, 2.45) is 0 Å². The maximum absolute atomic E-state index is 11.9. The summed E-state index contributed by atoms with van der Waals surface area (Å²) in [5, 5.41) is 5.21. The van der Waals surface area contributed by atoms with Gasteiger partial charge in [0.15, 0.2) is 0 Å². The Morgan fingerprint density at radius 1 is 1.56 bits per heavy atom. The number of amides is 2. The third-order valence-electron chi connectivity index (χ3n) is 2.96. The molecule has 0 aromatic carbocycles. The Labute approximate surface area is 106 Å². The molecular weight excluding hydrogens is 236 g/mol. The zero-order valence-corrected chi connectivity index (χ0v) is 10.8. The van der Waals surface area contributed by atoms with Crippen LogP contribution in [0.3, 0.4) is 0 Å². The van der Waals surface area contributed by atoms with Crippen molar-refractivity contribution in [1.29, 1.82) is 0 Å². The van der Waals surface area contributed by atoms with E-state index in [-0.39, 0.29) is 11.8 Å². The largest absolute Gasteiger partial charge is 0.467 e. The summed E-state index contributed by atoms with van der Waals surface area (Å²) in [6.07, 6.45) is 3.15. The van der Waals surface area contributed by atoms with Crippen LogP contribution in [0.15, 0.2) is 0 Å². The number of carbonyl (C=O) groups is 3. The van der Waals surface area contributed by atoms with Gasteiger partial charge in [-0.15, -0.1) is 0 Å². The van der Waals surface area contributed by atoms with Gasteiger partial charge in [0.05, 0.1) is 7.11 Å². The van der Waals surface area contributed by atoms with Crippen molar-refractivity contribution in [2.45, 2.75) is 51.1 Å². The second-order valence-electron chi connectivity index (χ2n) is 4.39. The molecule has 102 valence electrons. The van der Waals surface area contributed by atoms with Crippen molar-refractivity contribution in [3.05, 3.63) is 0 Å². The predicted octanol–water partition coefficient (Wildman–Crippen LogP) is 0.113. The lowest BCUT2D eigenvalue weighted by atomic mass is 10.1. The summed E-state index contributed by atoms with van der Waals surface area (Å²) in [6, 6.07) is -1.15. The second-order valence-corrected chi connectivity index (χ2v) is 4.39. The standard InChI is InChI=1S/C12H20N2O4/c1-3-4-5-9(12(17)18-2)14-11(16)8-6-7-10(15)13-8/h8-9H,3-7H2,1-2H3,(H,13,15)(H,14,16)/t8-,9-/m1/s1. The summed E-state index contributed by atoms with van der Waals surface area (Å²) in [5.41, 5.74) is 0. The van der Waals surface area contributed by atoms with E-state index in [1.807, 2.05) is 6.92 Å². The van der Waals surface area contributed by atoms with Crippen molar-refractivity contribution in [1.82, 2.24) is 10.6 Å². The highest BCUT2D eigenvalue weighted by Gasteiger charge is 2.30. The molecule has 2 atom stereocenters. The quantitative estimate of drug-likeness (QED) is 0.661. The van der Waals surface area contributed by atoms with Crippen LogP contribution < -0.4 is 10.6 Å². The van der Waals surface area contributed by atoms with Crippen LogP contribution in [0, 0.1) is 0 Å². The summed E-state index contributed by atoms with van der Waals surface area (Å²) < 4.78 is 4.65. The SMILES string of the molecule is CCCC[C@@H](NC(=O)[C@H]1CCC(=O)N1)C(=O)OC. The fourth-order valence-electron chi connectivity index (χ4n) is 1.88. The lowest BCUT2D eigenvalue weighted by molar-refractivity contribution is -0.145. The Hall–Kier alpha value is -1.59. The van der Waals surface area contributed by atoms with Gasteiger partial charge in [-0.3, -0.25) is 9.59 Å². The minimum Gasteiger partial charge on any atom is -0.467 e. The molecule has 1 fully saturated rings. The molecule has 1 aliphatic rings. The molecule has 0 spiro atoms. The monoisotopic (exact) mass is 256 g/mol. The molecule has 0 aromatic rings. The van der Waals surface area contributed by atoms with Gasteiger partial charge in [-0.25, -0.2) is 4.79 Å². The fraction of sp³-hybridized carbons (Fsp3) is 0.750. The number of methoxy groups -OCH3 is 1. The Morgan fingerprint density at radius 2 is 2.28 bits per heavy atom. The second kappa shape index (κ2) is 6.98. The Kier molecular flexibility index (Phi) is 5.61. The molecule has 0 saturated carbocycles. The molecule has 0 radical (unpaired) electrons. The first-order chi connectivity index (χ1) is 8.58. The minimum absolute atomic E-state index is 0.127. The summed E-state index contributed by atoms with van der Waals surface area (Å²) in [6.45, 7) is 2.01. The highest BCUT2D eigenvalue weighted by atomic mass is 16.5. The summed E-state index contributed by atoms with van der Waals surface area (Å²) in [5.74, 6) is -0.883. The van der Waals surface area contributed by atoms with Crippen molar-refractivity contribution in [3.8, 4) is 0 Å². The molecule has 2 N–H and O–H groups in total. The van der Waals surface area contributed by atoms with Crippen LogP contribution in [-0.2, 0) is 19.1 Å². The molecule has 6 nitrogen and oxygen atoms in total. The Bertz CT molecular complexity index is 330. The molecule has 1 heterocycles. The van der Waals surface area contributed by atoms with E-state index in [2.05, 4.69) is 15.4 Å². The first-order valence-electron chi connectivity index (χ1n) is 6.26. The third-order valence-corrected chi connectivity index (χ3v) is 2.96. The smallest absolute Gasteiger partial charge is 0.328 e. The molecule has 1 aliphatic heterocycles. The number of esters is 1. The van der Waals surface area contributed by atoms with Gasteiger partial charge in [-0.2, -0.15) is 0 Å². The van der Waals surface area contributed by atoms with Crippen molar-refractivity contribution >= 4 is 17.8 Å². The normalized spacial score (nSPS) is 20.1. The fourth-order valence-corrected chi connectivity index (χ4v) is 1.88. The zero-order valence-electron chi connectivity index (χ0n) is 10.8. The molecular formula is C12H20N2O4. The summed E-state index contributed by atoms with van der Waals surface area (Å²) >= 11 is 0. The van der Waals surface area contributed by atoms with Crippen molar-refractivity contribution in [2.75, 3.05) is 7.11 Å². The van der Waals surface area contributed by atoms with Gasteiger partial charge in [-0.05, 0) is 12.8 Å². The van der Waals surface area contributed by atoms with Crippen LogP contribution in [0.1, 0.15) is 39.0 Å². The van der Waals surface area contributed by atoms with Crippen LogP contribution >= 0.6 is 0 Å². The first kappa shape index (κ1) is 14.5.